The number of rotatable bonds is 2. The first-order valence-corrected chi connectivity index (χ1v) is 8.57. The molecule has 8 heteroatoms. The van der Waals surface area contributed by atoms with E-state index in [0.29, 0.717) is 16.7 Å². The van der Waals surface area contributed by atoms with Gasteiger partial charge in [0.15, 0.2) is 0 Å². The van der Waals surface area contributed by atoms with Crippen LogP contribution in [-0.2, 0) is 6.18 Å². The fourth-order valence-corrected chi connectivity index (χ4v) is 3.58. The van der Waals surface area contributed by atoms with E-state index in [2.05, 4.69) is 4.98 Å². The lowest BCUT2D eigenvalue weighted by atomic mass is 10.0. The van der Waals surface area contributed by atoms with Gasteiger partial charge in [0.1, 0.15) is 0 Å². The van der Waals surface area contributed by atoms with Crippen molar-refractivity contribution in [3.05, 3.63) is 51.6 Å². The number of amides is 1. The van der Waals surface area contributed by atoms with Crippen molar-refractivity contribution in [2.24, 2.45) is 0 Å². The van der Waals surface area contributed by atoms with Crippen LogP contribution >= 0.6 is 22.6 Å². The number of nitrogens with zero attached hydrogens (tertiary/aromatic N) is 3. The summed E-state index contributed by atoms with van der Waals surface area (Å²) in [5.74, 6) is -0.344. The molecule has 0 aliphatic carbocycles. The average molecular weight is 449 g/mol. The lowest BCUT2D eigenvalue weighted by Crippen LogP contribution is -2.39. The van der Waals surface area contributed by atoms with E-state index in [4.69, 9.17) is 0 Å². The van der Waals surface area contributed by atoms with Gasteiger partial charge in [-0.1, -0.05) is 0 Å². The monoisotopic (exact) mass is 449 g/mol. The standard InChI is InChI=1S/C16H15F3IN3O/c17-16(18,19)12-7-11(8-13(20)9-12)15(24)22-4-1-14(2-5-22)23-6-3-21-10-23/h3,6-10,14H,1-2,4-5H2. The summed E-state index contributed by atoms with van der Waals surface area (Å²) in [6.45, 7) is 1.04. The number of benzene rings is 1. The zero-order valence-electron chi connectivity index (χ0n) is 12.6. The zero-order valence-corrected chi connectivity index (χ0v) is 14.8. The van der Waals surface area contributed by atoms with Crippen molar-refractivity contribution >= 4 is 28.5 Å². The summed E-state index contributed by atoms with van der Waals surface area (Å²) in [5, 5.41) is 0. The van der Waals surface area contributed by atoms with Gasteiger partial charge in [-0.2, -0.15) is 13.2 Å². The van der Waals surface area contributed by atoms with E-state index in [1.807, 2.05) is 10.8 Å². The van der Waals surface area contributed by atoms with Crippen LogP contribution in [0.1, 0.15) is 34.8 Å². The fourth-order valence-electron chi connectivity index (χ4n) is 2.91. The van der Waals surface area contributed by atoms with E-state index in [-0.39, 0.29) is 17.5 Å². The Hall–Kier alpha value is -1.58. The lowest BCUT2D eigenvalue weighted by molar-refractivity contribution is -0.137. The Kier molecular flexibility index (Phi) is 4.84. The molecule has 1 aromatic carbocycles. The molecule has 0 radical (unpaired) electrons. The third-order valence-electron chi connectivity index (χ3n) is 4.17. The Morgan fingerprint density at radius 1 is 1.21 bits per heavy atom. The number of carbonyl (C=O) groups excluding carboxylic acids is 1. The molecule has 1 fully saturated rings. The minimum absolute atomic E-state index is 0.0929. The molecule has 24 heavy (non-hydrogen) atoms. The van der Waals surface area contributed by atoms with E-state index in [1.54, 1.807) is 40.0 Å². The highest BCUT2D eigenvalue weighted by Crippen LogP contribution is 2.32. The maximum atomic E-state index is 12.9. The first-order chi connectivity index (χ1) is 11.3. The Morgan fingerprint density at radius 2 is 1.92 bits per heavy atom. The molecule has 4 nitrogen and oxygen atoms in total. The molecule has 1 aliphatic rings. The molecule has 2 aromatic rings. The highest BCUT2D eigenvalue weighted by atomic mass is 127. The van der Waals surface area contributed by atoms with Gasteiger partial charge in [-0.3, -0.25) is 4.79 Å². The van der Waals surface area contributed by atoms with Gasteiger partial charge in [-0.25, -0.2) is 4.98 Å². The van der Waals surface area contributed by atoms with Crippen molar-refractivity contribution < 1.29 is 18.0 Å². The molecule has 1 saturated heterocycles. The van der Waals surface area contributed by atoms with Crippen molar-refractivity contribution in [3.8, 4) is 0 Å². The second-order valence-electron chi connectivity index (χ2n) is 5.76. The van der Waals surface area contributed by atoms with Gasteiger partial charge in [-0.15, -0.1) is 0 Å². The number of piperidine rings is 1. The number of alkyl halides is 3. The van der Waals surface area contributed by atoms with Gasteiger partial charge in [-0.05, 0) is 53.6 Å². The summed E-state index contributed by atoms with van der Waals surface area (Å²) in [4.78, 5) is 18.2. The highest BCUT2D eigenvalue weighted by molar-refractivity contribution is 14.1. The molecular weight excluding hydrogens is 434 g/mol. The minimum atomic E-state index is -4.45. The largest absolute Gasteiger partial charge is 0.416 e. The second-order valence-corrected chi connectivity index (χ2v) is 7.01. The van der Waals surface area contributed by atoms with E-state index < -0.39 is 11.7 Å². The Labute approximate surface area is 150 Å². The molecule has 0 bridgehead atoms. The second kappa shape index (κ2) is 6.73. The normalized spacial score (nSPS) is 16.4. The predicted molar refractivity (Wildman–Crippen MR) is 90.6 cm³/mol. The molecule has 0 N–H and O–H groups in total. The molecule has 0 spiro atoms. The fraction of sp³-hybridized carbons (Fsp3) is 0.375. The Morgan fingerprint density at radius 3 is 2.50 bits per heavy atom. The predicted octanol–water partition coefficient (Wildman–Crippen LogP) is 3.98. The maximum absolute atomic E-state index is 12.9. The topological polar surface area (TPSA) is 38.1 Å². The number of imidazole rings is 1. The van der Waals surface area contributed by atoms with Crippen molar-refractivity contribution in [3.63, 3.8) is 0 Å². The first kappa shape index (κ1) is 17.2. The molecule has 3 rings (SSSR count). The number of hydrogen-bond acceptors (Lipinski definition) is 2. The number of halogens is 4. The van der Waals surface area contributed by atoms with Crippen LogP contribution in [0.4, 0.5) is 13.2 Å². The van der Waals surface area contributed by atoms with Crippen LogP contribution in [0.5, 0.6) is 0 Å². The number of aromatic nitrogens is 2. The van der Waals surface area contributed by atoms with E-state index in [0.717, 1.165) is 25.0 Å². The van der Waals surface area contributed by atoms with Crippen molar-refractivity contribution in [2.45, 2.75) is 25.1 Å². The summed E-state index contributed by atoms with van der Waals surface area (Å²) in [5.41, 5.74) is -0.693. The Bertz CT molecular complexity index is 723. The van der Waals surface area contributed by atoms with Gasteiger partial charge in [0, 0.05) is 40.7 Å². The summed E-state index contributed by atoms with van der Waals surface area (Å²) < 4.78 is 41.2. The van der Waals surface area contributed by atoms with Crippen LogP contribution in [0.15, 0.2) is 36.9 Å². The molecule has 0 unspecified atom stereocenters. The molecule has 1 amide bonds. The van der Waals surface area contributed by atoms with Crippen LogP contribution in [0, 0.1) is 3.57 Å². The number of hydrogen-bond donors (Lipinski definition) is 0. The van der Waals surface area contributed by atoms with E-state index in [1.165, 1.54) is 6.07 Å². The van der Waals surface area contributed by atoms with Gasteiger partial charge >= 0.3 is 6.18 Å². The van der Waals surface area contributed by atoms with Crippen molar-refractivity contribution in [2.75, 3.05) is 13.1 Å². The first-order valence-electron chi connectivity index (χ1n) is 7.49. The maximum Gasteiger partial charge on any atom is 0.416 e. The van der Waals surface area contributed by atoms with Gasteiger partial charge < -0.3 is 9.47 Å². The number of carbonyl (C=O) groups is 1. The van der Waals surface area contributed by atoms with Crippen LogP contribution in [0.3, 0.4) is 0 Å². The van der Waals surface area contributed by atoms with Crippen LogP contribution in [0.25, 0.3) is 0 Å². The van der Waals surface area contributed by atoms with Crippen molar-refractivity contribution in [1.29, 1.82) is 0 Å². The van der Waals surface area contributed by atoms with Crippen molar-refractivity contribution in [1.82, 2.24) is 14.5 Å². The van der Waals surface area contributed by atoms with E-state index in [9.17, 15) is 18.0 Å². The molecule has 1 aliphatic heterocycles. The molecule has 2 heterocycles. The quantitative estimate of drug-likeness (QED) is 0.651. The smallest absolute Gasteiger partial charge is 0.338 e. The molecular formula is C16H15F3IN3O. The summed E-state index contributed by atoms with van der Waals surface area (Å²) in [7, 11) is 0. The van der Waals surface area contributed by atoms with Crippen LogP contribution in [0.2, 0.25) is 0 Å². The average Bonchev–Trinajstić information content (AvgIpc) is 3.07. The highest BCUT2D eigenvalue weighted by Gasteiger charge is 2.32. The van der Waals surface area contributed by atoms with E-state index >= 15 is 0 Å². The third kappa shape index (κ3) is 3.73. The summed E-state index contributed by atoms with van der Waals surface area (Å²) >= 11 is 1.80. The van der Waals surface area contributed by atoms with Gasteiger partial charge in [0.05, 0.1) is 11.9 Å². The van der Waals surface area contributed by atoms with Gasteiger partial charge in [0.2, 0.25) is 0 Å². The summed E-state index contributed by atoms with van der Waals surface area (Å²) in [6.07, 6.45) is 2.41. The summed E-state index contributed by atoms with van der Waals surface area (Å²) in [6, 6.07) is 3.76. The Balaban J connectivity index is 1.73. The zero-order chi connectivity index (χ0) is 17.3. The number of likely N-dealkylation sites (tertiary alicyclic amines) is 1. The van der Waals surface area contributed by atoms with Crippen LogP contribution < -0.4 is 0 Å². The molecule has 0 atom stereocenters. The van der Waals surface area contributed by atoms with Crippen LogP contribution in [-0.4, -0.2) is 33.4 Å². The molecule has 0 saturated carbocycles. The SMILES string of the molecule is O=C(c1cc(I)cc(C(F)(F)F)c1)N1CCC(n2ccnc2)CC1. The minimum Gasteiger partial charge on any atom is -0.338 e. The lowest BCUT2D eigenvalue weighted by Gasteiger charge is -2.32. The third-order valence-corrected chi connectivity index (χ3v) is 4.79. The molecule has 1 aromatic heterocycles. The molecule has 128 valence electrons. The van der Waals surface area contributed by atoms with Gasteiger partial charge in [0.25, 0.3) is 5.91 Å².